The molecule has 30 heavy (non-hydrogen) atoms. The molecule has 0 bridgehead atoms. The quantitative estimate of drug-likeness (QED) is 0.302. The van der Waals surface area contributed by atoms with Crippen LogP contribution in [0.15, 0.2) is 24.3 Å². The fraction of sp³-hybridized carbons (Fsp3) is 0.455. The van der Waals surface area contributed by atoms with Crippen LogP contribution in [0.3, 0.4) is 0 Å². The molecule has 2 amide bonds. The van der Waals surface area contributed by atoms with E-state index in [1.54, 1.807) is 24.3 Å². The summed E-state index contributed by atoms with van der Waals surface area (Å²) in [4.78, 5) is 26.2. The SMILES string of the molecule is C[C@@H](O)[C@H](NC(=O)c1ccc(C#CC#CC2CCN(C3COC3)C2)cc1)C(=O)NO. The maximum Gasteiger partial charge on any atom is 0.268 e. The van der Waals surface area contributed by atoms with Crippen molar-refractivity contribution in [2.75, 3.05) is 26.3 Å². The number of rotatable bonds is 5. The van der Waals surface area contributed by atoms with Crippen LogP contribution in [0.1, 0.15) is 29.3 Å². The highest BCUT2D eigenvalue weighted by atomic mass is 16.5. The van der Waals surface area contributed by atoms with E-state index in [-0.39, 0.29) is 0 Å². The van der Waals surface area contributed by atoms with Gasteiger partial charge >= 0.3 is 0 Å². The van der Waals surface area contributed by atoms with Gasteiger partial charge in [0, 0.05) is 23.6 Å². The van der Waals surface area contributed by atoms with Crippen molar-refractivity contribution < 1.29 is 24.6 Å². The Morgan fingerprint density at radius 2 is 1.97 bits per heavy atom. The van der Waals surface area contributed by atoms with Gasteiger partial charge in [-0.15, -0.1) is 0 Å². The number of hydrogen-bond acceptors (Lipinski definition) is 6. The van der Waals surface area contributed by atoms with Gasteiger partial charge in [-0.1, -0.05) is 11.8 Å². The zero-order valence-corrected chi connectivity index (χ0v) is 16.7. The largest absolute Gasteiger partial charge is 0.391 e. The first kappa shape index (κ1) is 21.8. The first-order chi connectivity index (χ1) is 14.5. The molecule has 0 spiro atoms. The topological polar surface area (TPSA) is 111 Å². The second-order valence-corrected chi connectivity index (χ2v) is 7.44. The van der Waals surface area contributed by atoms with Gasteiger partial charge in [0.15, 0.2) is 0 Å². The van der Waals surface area contributed by atoms with Crippen LogP contribution in [0, 0.1) is 29.6 Å². The average Bonchev–Trinajstić information content (AvgIpc) is 3.15. The third-order valence-corrected chi connectivity index (χ3v) is 5.21. The van der Waals surface area contributed by atoms with E-state index >= 15 is 0 Å². The van der Waals surface area contributed by atoms with Crippen LogP contribution in [0.2, 0.25) is 0 Å². The van der Waals surface area contributed by atoms with Crippen molar-refractivity contribution in [2.45, 2.75) is 31.5 Å². The van der Waals surface area contributed by atoms with E-state index in [1.165, 1.54) is 12.4 Å². The van der Waals surface area contributed by atoms with Crippen LogP contribution >= 0.6 is 0 Å². The molecule has 0 aromatic heterocycles. The number of aliphatic hydroxyl groups is 1. The molecule has 2 fully saturated rings. The van der Waals surface area contributed by atoms with E-state index in [1.807, 2.05) is 0 Å². The molecule has 2 aliphatic heterocycles. The number of carbonyl (C=O) groups is 2. The molecular weight excluding hydrogens is 386 g/mol. The third-order valence-electron chi connectivity index (χ3n) is 5.21. The lowest BCUT2D eigenvalue weighted by atomic mass is 10.1. The summed E-state index contributed by atoms with van der Waals surface area (Å²) in [7, 11) is 0. The molecule has 0 radical (unpaired) electrons. The summed E-state index contributed by atoms with van der Waals surface area (Å²) in [5, 5.41) is 20.7. The smallest absolute Gasteiger partial charge is 0.268 e. The molecule has 1 aromatic rings. The molecular formula is C22H25N3O5. The number of hydrogen-bond donors (Lipinski definition) is 4. The average molecular weight is 411 g/mol. The molecule has 1 aromatic carbocycles. The molecule has 8 nitrogen and oxygen atoms in total. The Kier molecular flexibility index (Phi) is 7.45. The Morgan fingerprint density at radius 3 is 2.57 bits per heavy atom. The molecule has 8 heteroatoms. The van der Waals surface area contributed by atoms with Crippen molar-refractivity contribution in [3.63, 3.8) is 0 Å². The number of amides is 2. The van der Waals surface area contributed by atoms with Gasteiger partial charge in [-0.25, -0.2) is 5.48 Å². The predicted molar refractivity (Wildman–Crippen MR) is 108 cm³/mol. The third kappa shape index (κ3) is 5.59. The van der Waals surface area contributed by atoms with E-state index in [4.69, 9.17) is 9.94 Å². The normalized spacial score (nSPS) is 20.6. The Bertz CT molecular complexity index is 887. The summed E-state index contributed by atoms with van der Waals surface area (Å²) in [5.41, 5.74) is 2.43. The number of benzene rings is 1. The molecule has 0 saturated carbocycles. The van der Waals surface area contributed by atoms with Gasteiger partial charge in [-0.3, -0.25) is 19.7 Å². The number of ether oxygens (including phenoxy) is 1. The summed E-state index contributed by atoms with van der Waals surface area (Å²) < 4.78 is 5.23. The van der Waals surface area contributed by atoms with Crippen LogP contribution in [-0.4, -0.2) is 71.5 Å². The molecule has 1 unspecified atom stereocenters. The van der Waals surface area contributed by atoms with Gasteiger partial charge in [-0.05, 0) is 56.0 Å². The summed E-state index contributed by atoms with van der Waals surface area (Å²) in [5.74, 6) is 10.8. The minimum atomic E-state index is -1.26. The minimum absolute atomic E-state index is 0.300. The molecule has 2 saturated heterocycles. The maximum atomic E-state index is 12.2. The number of nitrogens with one attached hydrogen (secondary N) is 2. The Morgan fingerprint density at radius 1 is 1.23 bits per heavy atom. The lowest BCUT2D eigenvalue weighted by Crippen LogP contribution is -2.51. The van der Waals surface area contributed by atoms with E-state index in [2.05, 4.69) is 33.9 Å². The molecule has 4 N–H and O–H groups in total. The first-order valence-corrected chi connectivity index (χ1v) is 9.84. The van der Waals surface area contributed by atoms with E-state index in [0.29, 0.717) is 23.1 Å². The molecule has 0 aliphatic carbocycles. The van der Waals surface area contributed by atoms with Gasteiger partial charge in [0.2, 0.25) is 0 Å². The molecule has 2 heterocycles. The number of hydroxylamine groups is 1. The number of likely N-dealkylation sites (tertiary alicyclic amines) is 1. The summed E-state index contributed by atoms with van der Waals surface area (Å²) in [6.07, 6.45) is -0.115. The highest BCUT2D eigenvalue weighted by Crippen LogP contribution is 2.21. The lowest BCUT2D eigenvalue weighted by molar-refractivity contribution is -0.133. The van der Waals surface area contributed by atoms with Gasteiger partial charge < -0.3 is 15.2 Å². The second-order valence-electron chi connectivity index (χ2n) is 7.44. The lowest BCUT2D eigenvalue weighted by Gasteiger charge is -2.34. The van der Waals surface area contributed by atoms with Crippen molar-refractivity contribution in [1.29, 1.82) is 0 Å². The summed E-state index contributed by atoms with van der Waals surface area (Å²) in [6.45, 7) is 5.00. The Labute approximate surface area is 175 Å². The van der Waals surface area contributed by atoms with Crippen molar-refractivity contribution in [3.05, 3.63) is 35.4 Å². The van der Waals surface area contributed by atoms with Crippen molar-refractivity contribution >= 4 is 11.8 Å². The number of aliphatic hydroxyl groups excluding tert-OH is 1. The Hall–Kier alpha value is -2.88. The summed E-state index contributed by atoms with van der Waals surface area (Å²) >= 11 is 0. The van der Waals surface area contributed by atoms with E-state index in [0.717, 1.165) is 32.7 Å². The fourth-order valence-electron chi connectivity index (χ4n) is 3.32. The minimum Gasteiger partial charge on any atom is -0.391 e. The second kappa shape index (κ2) is 10.2. The highest BCUT2D eigenvalue weighted by Gasteiger charge is 2.31. The van der Waals surface area contributed by atoms with Crippen LogP contribution in [0.25, 0.3) is 0 Å². The zero-order valence-electron chi connectivity index (χ0n) is 16.7. The van der Waals surface area contributed by atoms with Gasteiger partial charge in [0.1, 0.15) is 6.04 Å². The first-order valence-electron chi connectivity index (χ1n) is 9.84. The van der Waals surface area contributed by atoms with E-state index in [9.17, 15) is 14.7 Å². The van der Waals surface area contributed by atoms with E-state index < -0.39 is 24.0 Å². The monoisotopic (exact) mass is 411 g/mol. The maximum absolute atomic E-state index is 12.2. The highest BCUT2D eigenvalue weighted by molar-refractivity contribution is 5.97. The van der Waals surface area contributed by atoms with Crippen molar-refractivity contribution in [1.82, 2.24) is 15.7 Å². The molecule has 3 atom stereocenters. The molecule has 3 rings (SSSR count). The van der Waals surface area contributed by atoms with Crippen LogP contribution < -0.4 is 10.8 Å². The number of carbonyl (C=O) groups excluding carboxylic acids is 2. The van der Waals surface area contributed by atoms with Crippen LogP contribution in [0.5, 0.6) is 0 Å². The molecule has 2 aliphatic rings. The van der Waals surface area contributed by atoms with Gasteiger partial charge in [-0.2, -0.15) is 0 Å². The number of nitrogens with zero attached hydrogens (tertiary/aromatic N) is 1. The van der Waals surface area contributed by atoms with Crippen molar-refractivity contribution in [3.8, 4) is 23.7 Å². The molecule has 158 valence electrons. The predicted octanol–water partition coefficient (Wildman–Crippen LogP) is -0.253. The summed E-state index contributed by atoms with van der Waals surface area (Å²) in [6, 6.07) is 5.78. The van der Waals surface area contributed by atoms with Crippen LogP contribution in [0.4, 0.5) is 0 Å². The standard InChI is InChI=1S/C22H25N3O5/c1-15(26)20(22(28)24-29)23-21(27)18-8-6-16(7-9-18)4-2-3-5-17-10-11-25(12-17)19-13-30-14-19/h6-9,15,17,19-20,26,29H,10-14H2,1H3,(H,23,27)(H,24,28)/t15-,17?,20+/m1/s1. The van der Waals surface area contributed by atoms with Crippen LogP contribution in [-0.2, 0) is 9.53 Å². The zero-order chi connectivity index (χ0) is 21.5. The fourth-order valence-corrected chi connectivity index (χ4v) is 3.32. The Balaban J connectivity index is 1.53. The van der Waals surface area contributed by atoms with Gasteiger partial charge in [0.05, 0.1) is 25.4 Å². The van der Waals surface area contributed by atoms with Gasteiger partial charge in [0.25, 0.3) is 11.8 Å². The van der Waals surface area contributed by atoms with Crippen molar-refractivity contribution in [2.24, 2.45) is 5.92 Å².